The zero-order chi connectivity index (χ0) is 14.6. The maximum Gasteiger partial charge on any atom is 0.237 e. The fourth-order valence-corrected chi connectivity index (χ4v) is 2.76. The first-order valence-electron chi connectivity index (χ1n) is 7.57. The van der Waals surface area contributed by atoms with Crippen LogP contribution in [0, 0.1) is 5.41 Å². The van der Waals surface area contributed by atoms with Crippen LogP contribution >= 0.6 is 0 Å². The molecular weight excluding hydrogens is 248 g/mol. The van der Waals surface area contributed by atoms with E-state index >= 15 is 0 Å². The highest BCUT2D eigenvalue weighted by molar-refractivity contribution is 5.82. The average Bonchev–Trinajstić information content (AvgIpc) is 2.45. The van der Waals surface area contributed by atoms with Crippen LogP contribution in [-0.2, 0) is 4.79 Å². The Morgan fingerprint density at radius 1 is 1.25 bits per heavy atom. The molecule has 1 heterocycles. The molecule has 0 bridgehead atoms. The van der Waals surface area contributed by atoms with Gasteiger partial charge in [0.25, 0.3) is 0 Å². The van der Waals surface area contributed by atoms with Crippen molar-refractivity contribution >= 4 is 5.91 Å². The summed E-state index contributed by atoms with van der Waals surface area (Å²) in [5.74, 6) is 0.133. The number of carbonyl (C=O) groups excluding carboxylic acids is 1. The predicted molar refractivity (Wildman–Crippen MR) is 82.4 cm³/mol. The highest BCUT2D eigenvalue weighted by Crippen LogP contribution is 2.32. The maximum absolute atomic E-state index is 12.5. The second-order valence-corrected chi connectivity index (χ2v) is 6.72. The number of hydrogen-bond acceptors (Lipinski definition) is 2. The minimum atomic E-state index is -0.0303. The Bertz CT molecular complexity index is 430. The number of hydrogen-bond donors (Lipinski definition) is 2. The van der Waals surface area contributed by atoms with Crippen LogP contribution in [0.1, 0.15) is 51.6 Å². The molecule has 2 atom stereocenters. The lowest BCUT2D eigenvalue weighted by Gasteiger charge is -2.34. The monoisotopic (exact) mass is 274 g/mol. The molecule has 0 aliphatic carbocycles. The van der Waals surface area contributed by atoms with E-state index in [0.29, 0.717) is 0 Å². The van der Waals surface area contributed by atoms with Crippen LogP contribution in [0.3, 0.4) is 0 Å². The molecule has 1 fully saturated rings. The third-order valence-electron chi connectivity index (χ3n) is 3.91. The zero-order valence-corrected chi connectivity index (χ0v) is 12.8. The number of carbonyl (C=O) groups is 1. The molecule has 0 spiro atoms. The van der Waals surface area contributed by atoms with Gasteiger partial charge in [0.1, 0.15) is 0 Å². The molecule has 0 aromatic heterocycles. The Morgan fingerprint density at radius 3 is 2.50 bits per heavy atom. The second kappa shape index (κ2) is 6.40. The van der Waals surface area contributed by atoms with E-state index in [1.165, 1.54) is 12.0 Å². The molecule has 1 unspecified atom stereocenters. The summed E-state index contributed by atoms with van der Waals surface area (Å²) in [6.45, 7) is 7.45. The molecule has 1 aliphatic rings. The van der Waals surface area contributed by atoms with E-state index in [1.54, 1.807) is 0 Å². The van der Waals surface area contributed by atoms with Gasteiger partial charge in [-0.1, -0.05) is 57.5 Å². The fraction of sp³-hybridized carbons (Fsp3) is 0.588. The second-order valence-electron chi connectivity index (χ2n) is 6.72. The van der Waals surface area contributed by atoms with Gasteiger partial charge in [0.05, 0.1) is 12.1 Å². The van der Waals surface area contributed by atoms with E-state index in [-0.39, 0.29) is 23.4 Å². The molecule has 3 heteroatoms. The maximum atomic E-state index is 12.5. The Morgan fingerprint density at radius 2 is 1.95 bits per heavy atom. The van der Waals surface area contributed by atoms with Crippen molar-refractivity contribution in [1.82, 2.24) is 10.6 Å². The van der Waals surface area contributed by atoms with E-state index in [1.807, 2.05) is 18.2 Å². The van der Waals surface area contributed by atoms with Crippen LogP contribution in [-0.4, -0.2) is 18.5 Å². The highest BCUT2D eigenvalue weighted by atomic mass is 16.2. The summed E-state index contributed by atoms with van der Waals surface area (Å²) in [5.41, 5.74) is 1.16. The van der Waals surface area contributed by atoms with Crippen LogP contribution in [0.15, 0.2) is 30.3 Å². The topological polar surface area (TPSA) is 41.1 Å². The van der Waals surface area contributed by atoms with Gasteiger partial charge >= 0.3 is 0 Å². The molecule has 2 N–H and O–H groups in total. The van der Waals surface area contributed by atoms with Gasteiger partial charge in [-0.3, -0.25) is 4.79 Å². The largest absolute Gasteiger partial charge is 0.347 e. The summed E-state index contributed by atoms with van der Waals surface area (Å²) in [5, 5.41) is 6.56. The normalized spacial score (nSPS) is 21.2. The molecule has 3 nitrogen and oxygen atoms in total. The van der Waals surface area contributed by atoms with Crippen molar-refractivity contribution < 1.29 is 4.79 Å². The predicted octanol–water partition coefficient (Wildman–Crippen LogP) is 3.03. The minimum absolute atomic E-state index is 0.00825. The summed E-state index contributed by atoms with van der Waals surface area (Å²) in [6, 6.07) is 10.2. The molecule has 110 valence electrons. The fourth-order valence-electron chi connectivity index (χ4n) is 2.76. The van der Waals surface area contributed by atoms with Gasteiger partial charge in [-0.25, -0.2) is 0 Å². The molecule has 2 rings (SSSR count). The summed E-state index contributed by atoms with van der Waals surface area (Å²) < 4.78 is 0. The van der Waals surface area contributed by atoms with Crippen LogP contribution in [0.4, 0.5) is 0 Å². The Labute approximate surface area is 122 Å². The Balaban J connectivity index is 2.10. The first kappa shape index (κ1) is 15.0. The summed E-state index contributed by atoms with van der Waals surface area (Å²) in [7, 11) is 0. The molecule has 0 radical (unpaired) electrons. The summed E-state index contributed by atoms with van der Waals surface area (Å²) >= 11 is 0. The molecule has 1 amide bonds. The number of rotatable bonds is 3. The van der Waals surface area contributed by atoms with Crippen LogP contribution in [0.5, 0.6) is 0 Å². The van der Waals surface area contributed by atoms with Gasteiger partial charge in [-0.05, 0) is 30.4 Å². The van der Waals surface area contributed by atoms with E-state index < -0.39 is 0 Å². The van der Waals surface area contributed by atoms with Crippen molar-refractivity contribution in [2.75, 3.05) is 6.54 Å². The highest BCUT2D eigenvalue weighted by Gasteiger charge is 2.30. The average molecular weight is 274 g/mol. The third-order valence-corrected chi connectivity index (χ3v) is 3.91. The molecule has 1 aromatic rings. The van der Waals surface area contributed by atoms with Crippen LogP contribution in [0.2, 0.25) is 0 Å². The SMILES string of the molecule is CC(C)(C)C(NC(=O)[C@@H]1CCCCN1)c1ccccc1. The third kappa shape index (κ3) is 3.83. The zero-order valence-electron chi connectivity index (χ0n) is 12.8. The standard InChI is InChI=1S/C17H26N2O/c1-17(2,3)15(13-9-5-4-6-10-13)19-16(20)14-11-7-8-12-18-14/h4-6,9-10,14-15,18H,7-8,11-12H2,1-3H3,(H,19,20)/t14-,15?/m0/s1. The molecular formula is C17H26N2O. The first-order chi connectivity index (χ1) is 9.48. The Kier molecular flexibility index (Phi) is 4.81. The van der Waals surface area contributed by atoms with Crippen molar-refractivity contribution in [3.63, 3.8) is 0 Å². The molecule has 1 saturated heterocycles. The van der Waals surface area contributed by atoms with E-state index in [0.717, 1.165) is 19.4 Å². The van der Waals surface area contributed by atoms with Gasteiger partial charge in [-0.15, -0.1) is 0 Å². The number of benzene rings is 1. The molecule has 1 aliphatic heterocycles. The van der Waals surface area contributed by atoms with E-state index in [4.69, 9.17) is 0 Å². The van der Waals surface area contributed by atoms with Crippen molar-refractivity contribution in [2.24, 2.45) is 5.41 Å². The summed E-state index contributed by atoms with van der Waals surface area (Å²) in [6.07, 6.45) is 3.25. The number of amides is 1. The smallest absolute Gasteiger partial charge is 0.237 e. The number of nitrogens with one attached hydrogen (secondary N) is 2. The Hall–Kier alpha value is -1.35. The van der Waals surface area contributed by atoms with Gasteiger partial charge in [0, 0.05) is 0 Å². The van der Waals surface area contributed by atoms with E-state index in [9.17, 15) is 4.79 Å². The van der Waals surface area contributed by atoms with Gasteiger partial charge < -0.3 is 10.6 Å². The van der Waals surface area contributed by atoms with Crippen molar-refractivity contribution in [3.8, 4) is 0 Å². The van der Waals surface area contributed by atoms with Gasteiger partial charge in [0.2, 0.25) is 5.91 Å². The first-order valence-corrected chi connectivity index (χ1v) is 7.57. The lowest BCUT2D eigenvalue weighted by Crippen LogP contribution is -2.49. The lowest BCUT2D eigenvalue weighted by atomic mass is 9.82. The summed E-state index contributed by atoms with van der Waals surface area (Å²) in [4.78, 5) is 12.5. The van der Waals surface area contributed by atoms with Gasteiger partial charge in [0.15, 0.2) is 0 Å². The van der Waals surface area contributed by atoms with E-state index in [2.05, 4.69) is 43.5 Å². The van der Waals surface area contributed by atoms with Crippen LogP contribution < -0.4 is 10.6 Å². The van der Waals surface area contributed by atoms with Crippen molar-refractivity contribution in [2.45, 2.75) is 52.1 Å². The quantitative estimate of drug-likeness (QED) is 0.889. The lowest BCUT2D eigenvalue weighted by molar-refractivity contribution is -0.125. The van der Waals surface area contributed by atoms with Gasteiger partial charge in [-0.2, -0.15) is 0 Å². The molecule has 1 aromatic carbocycles. The minimum Gasteiger partial charge on any atom is -0.347 e. The number of piperidine rings is 1. The molecule has 20 heavy (non-hydrogen) atoms. The van der Waals surface area contributed by atoms with Crippen LogP contribution in [0.25, 0.3) is 0 Å². The molecule has 0 saturated carbocycles. The van der Waals surface area contributed by atoms with Crippen molar-refractivity contribution in [3.05, 3.63) is 35.9 Å². The van der Waals surface area contributed by atoms with Crippen molar-refractivity contribution in [1.29, 1.82) is 0 Å².